The monoisotopic (exact) mass is 290 g/mol. The Morgan fingerprint density at radius 1 is 1.33 bits per heavy atom. The Balaban J connectivity index is 2.05. The maximum absolute atomic E-state index is 12.4. The first kappa shape index (κ1) is 15.8. The van der Waals surface area contributed by atoms with Crippen molar-refractivity contribution in [3.63, 3.8) is 0 Å². The molecule has 1 saturated carbocycles. The largest absolute Gasteiger partial charge is 0.496 e. The molecule has 1 aliphatic rings. The molecule has 0 bridgehead atoms. The lowest BCUT2D eigenvalue weighted by molar-refractivity contribution is -0.134. The Hall–Kier alpha value is -1.55. The molecule has 4 nitrogen and oxygen atoms in total. The van der Waals surface area contributed by atoms with Crippen LogP contribution in [0.15, 0.2) is 12.1 Å². The zero-order chi connectivity index (χ0) is 15.6. The highest BCUT2D eigenvalue weighted by Crippen LogP contribution is 2.28. The van der Waals surface area contributed by atoms with Crippen LogP contribution in [0.3, 0.4) is 0 Å². The maximum Gasteiger partial charge on any atom is 0.225 e. The fourth-order valence-electron chi connectivity index (χ4n) is 3.36. The molecule has 0 aliphatic heterocycles. The quantitative estimate of drug-likeness (QED) is 0.926. The van der Waals surface area contributed by atoms with Gasteiger partial charge in [-0.1, -0.05) is 12.1 Å². The average molecular weight is 290 g/mol. The van der Waals surface area contributed by atoms with E-state index in [1.54, 1.807) is 7.11 Å². The minimum absolute atomic E-state index is 0.102. The number of nitrogens with zero attached hydrogens (tertiary/aromatic N) is 1. The third-order valence-corrected chi connectivity index (χ3v) is 4.34. The summed E-state index contributed by atoms with van der Waals surface area (Å²) in [4.78, 5) is 14.3. The van der Waals surface area contributed by atoms with Gasteiger partial charge in [-0.25, -0.2) is 0 Å². The molecule has 0 aromatic heterocycles. The molecule has 21 heavy (non-hydrogen) atoms. The molecule has 0 spiro atoms. The van der Waals surface area contributed by atoms with Crippen LogP contribution >= 0.6 is 0 Å². The summed E-state index contributed by atoms with van der Waals surface area (Å²) in [5.41, 5.74) is 9.26. The van der Waals surface area contributed by atoms with Crippen molar-refractivity contribution >= 4 is 5.91 Å². The molecule has 2 unspecified atom stereocenters. The van der Waals surface area contributed by atoms with E-state index in [0.29, 0.717) is 6.54 Å². The third kappa shape index (κ3) is 3.56. The predicted octanol–water partition coefficient (Wildman–Crippen LogP) is 2.40. The van der Waals surface area contributed by atoms with Gasteiger partial charge in [-0.2, -0.15) is 0 Å². The molecule has 2 N–H and O–H groups in total. The topological polar surface area (TPSA) is 55.6 Å². The highest BCUT2D eigenvalue weighted by molar-refractivity contribution is 5.79. The van der Waals surface area contributed by atoms with Gasteiger partial charge in [-0.05, 0) is 49.8 Å². The molecular formula is C17H26N2O2. The van der Waals surface area contributed by atoms with E-state index in [1.807, 2.05) is 25.8 Å². The van der Waals surface area contributed by atoms with E-state index in [9.17, 15) is 4.79 Å². The number of aryl methyl sites for hydroxylation is 2. The van der Waals surface area contributed by atoms with E-state index >= 15 is 0 Å². The van der Waals surface area contributed by atoms with E-state index in [1.165, 1.54) is 0 Å². The molecule has 2 atom stereocenters. The number of hydrogen-bond donors (Lipinski definition) is 1. The number of benzene rings is 1. The number of ether oxygens (including phenoxy) is 1. The first-order chi connectivity index (χ1) is 9.92. The van der Waals surface area contributed by atoms with Gasteiger partial charge in [0.1, 0.15) is 5.75 Å². The van der Waals surface area contributed by atoms with Gasteiger partial charge < -0.3 is 15.4 Å². The molecule has 0 heterocycles. The molecule has 1 amide bonds. The van der Waals surface area contributed by atoms with Crippen LogP contribution < -0.4 is 10.5 Å². The first-order valence-electron chi connectivity index (χ1n) is 7.57. The summed E-state index contributed by atoms with van der Waals surface area (Å²) in [6, 6.07) is 4.38. The Morgan fingerprint density at radius 3 is 2.43 bits per heavy atom. The van der Waals surface area contributed by atoms with Crippen molar-refractivity contribution in [2.24, 2.45) is 11.7 Å². The summed E-state index contributed by atoms with van der Waals surface area (Å²) < 4.78 is 5.38. The van der Waals surface area contributed by atoms with Gasteiger partial charge in [0.25, 0.3) is 0 Å². The van der Waals surface area contributed by atoms with Crippen molar-refractivity contribution in [3.05, 3.63) is 28.8 Å². The smallest absolute Gasteiger partial charge is 0.225 e. The van der Waals surface area contributed by atoms with Gasteiger partial charge >= 0.3 is 0 Å². The second kappa shape index (κ2) is 6.48. The minimum atomic E-state index is 0.102. The predicted molar refractivity (Wildman–Crippen MR) is 84.3 cm³/mol. The van der Waals surface area contributed by atoms with E-state index in [0.717, 1.165) is 41.7 Å². The summed E-state index contributed by atoms with van der Waals surface area (Å²) in [6.07, 6.45) is 2.71. The van der Waals surface area contributed by atoms with Crippen molar-refractivity contribution in [2.45, 2.75) is 45.7 Å². The molecule has 1 aliphatic carbocycles. The van der Waals surface area contributed by atoms with Crippen molar-refractivity contribution in [1.82, 2.24) is 4.90 Å². The SMILES string of the molecule is COc1c(C)cc(CN(C)C(=O)C2CCC(N)C2)cc1C. The average Bonchev–Trinajstić information content (AvgIpc) is 2.84. The molecule has 1 aromatic carbocycles. The number of hydrogen-bond acceptors (Lipinski definition) is 3. The van der Waals surface area contributed by atoms with Crippen LogP contribution in [0.4, 0.5) is 0 Å². The molecule has 1 aromatic rings. The lowest BCUT2D eigenvalue weighted by atomic mass is 10.0. The van der Waals surface area contributed by atoms with Crippen LogP contribution in [-0.4, -0.2) is 31.0 Å². The summed E-state index contributed by atoms with van der Waals surface area (Å²) in [5.74, 6) is 1.24. The molecule has 4 heteroatoms. The van der Waals surface area contributed by atoms with Crippen molar-refractivity contribution in [2.75, 3.05) is 14.2 Å². The van der Waals surface area contributed by atoms with Crippen molar-refractivity contribution < 1.29 is 9.53 Å². The second-order valence-corrected chi connectivity index (χ2v) is 6.23. The Kier molecular flexibility index (Phi) is 4.88. The molecule has 1 fully saturated rings. The fraction of sp³-hybridized carbons (Fsp3) is 0.588. The number of carbonyl (C=O) groups is 1. The third-order valence-electron chi connectivity index (χ3n) is 4.34. The summed E-state index contributed by atoms with van der Waals surface area (Å²) in [7, 11) is 3.56. The van der Waals surface area contributed by atoms with Crippen LogP contribution in [0.1, 0.15) is 36.0 Å². The minimum Gasteiger partial charge on any atom is -0.496 e. The summed E-state index contributed by atoms with van der Waals surface area (Å²) in [6.45, 7) is 4.70. The number of carbonyl (C=O) groups excluding carboxylic acids is 1. The molecule has 116 valence electrons. The van der Waals surface area contributed by atoms with Crippen LogP contribution in [0.2, 0.25) is 0 Å². The first-order valence-corrected chi connectivity index (χ1v) is 7.57. The number of rotatable bonds is 4. The standard InChI is InChI=1S/C17H26N2O2/c1-11-7-13(8-12(2)16(11)21-4)10-19(3)17(20)14-5-6-15(18)9-14/h7-8,14-15H,5-6,9-10,18H2,1-4H3. The number of methoxy groups -OCH3 is 1. The van der Waals surface area contributed by atoms with Gasteiger partial charge in [0, 0.05) is 25.6 Å². The lowest BCUT2D eigenvalue weighted by Crippen LogP contribution is -2.32. The van der Waals surface area contributed by atoms with Crippen LogP contribution in [0.25, 0.3) is 0 Å². The van der Waals surface area contributed by atoms with E-state index in [2.05, 4.69) is 12.1 Å². The molecule has 0 radical (unpaired) electrons. The van der Waals surface area contributed by atoms with E-state index < -0.39 is 0 Å². The Morgan fingerprint density at radius 2 is 1.95 bits per heavy atom. The van der Waals surface area contributed by atoms with E-state index in [4.69, 9.17) is 10.5 Å². The molecule has 0 saturated heterocycles. The normalized spacial score (nSPS) is 21.4. The highest BCUT2D eigenvalue weighted by Gasteiger charge is 2.29. The Bertz CT molecular complexity index is 505. The lowest BCUT2D eigenvalue weighted by Gasteiger charge is -2.22. The second-order valence-electron chi connectivity index (χ2n) is 6.23. The van der Waals surface area contributed by atoms with Gasteiger partial charge in [0.2, 0.25) is 5.91 Å². The molecule has 2 rings (SSSR count). The fourth-order valence-corrected chi connectivity index (χ4v) is 3.36. The van der Waals surface area contributed by atoms with Gasteiger partial charge in [-0.15, -0.1) is 0 Å². The Labute approximate surface area is 127 Å². The van der Waals surface area contributed by atoms with Crippen LogP contribution in [-0.2, 0) is 11.3 Å². The van der Waals surface area contributed by atoms with Crippen molar-refractivity contribution in [1.29, 1.82) is 0 Å². The molecular weight excluding hydrogens is 264 g/mol. The zero-order valence-corrected chi connectivity index (χ0v) is 13.5. The van der Waals surface area contributed by atoms with Crippen molar-refractivity contribution in [3.8, 4) is 5.75 Å². The zero-order valence-electron chi connectivity index (χ0n) is 13.5. The maximum atomic E-state index is 12.4. The van der Waals surface area contributed by atoms with Crippen LogP contribution in [0.5, 0.6) is 5.75 Å². The summed E-state index contributed by atoms with van der Waals surface area (Å²) in [5, 5.41) is 0. The number of nitrogens with two attached hydrogens (primary N) is 1. The van der Waals surface area contributed by atoms with Crippen LogP contribution in [0, 0.1) is 19.8 Å². The van der Waals surface area contributed by atoms with E-state index in [-0.39, 0.29) is 17.9 Å². The van der Waals surface area contributed by atoms with Gasteiger partial charge in [0.15, 0.2) is 0 Å². The highest BCUT2D eigenvalue weighted by atomic mass is 16.5. The van der Waals surface area contributed by atoms with Gasteiger partial charge in [-0.3, -0.25) is 4.79 Å². The summed E-state index contributed by atoms with van der Waals surface area (Å²) >= 11 is 0. The van der Waals surface area contributed by atoms with Gasteiger partial charge in [0.05, 0.1) is 7.11 Å². The number of amides is 1.